The van der Waals surface area contributed by atoms with Crippen LogP contribution < -0.4 is 10.2 Å². The lowest BCUT2D eigenvalue weighted by Gasteiger charge is -2.24. The maximum absolute atomic E-state index is 4.54. The van der Waals surface area contributed by atoms with Gasteiger partial charge < -0.3 is 10.2 Å². The Bertz CT molecular complexity index is 931. The molecular weight excluding hydrogens is 344 g/mol. The summed E-state index contributed by atoms with van der Waals surface area (Å²) in [7, 11) is 2.17. The Hall–Kier alpha value is -2.88. The molecule has 4 nitrogen and oxygen atoms in total. The molecule has 0 amide bonds. The molecule has 3 aromatic rings. The van der Waals surface area contributed by atoms with Crippen molar-refractivity contribution >= 4 is 33.5 Å². The van der Waals surface area contributed by atoms with Crippen LogP contribution in [-0.2, 0) is 0 Å². The molecule has 3 aromatic carbocycles. The van der Waals surface area contributed by atoms with Crippen LogP contribution >= 0.6 is 0 Å². The van der Waals surface area contributed by atoms with E-state index in [1.165, 1.54) is 17.5 Å². The summed E-state index contributed by atoms with van der Waals surface area (Å²) in [5.41, 5.74) is 4.08. The predicted molar refractivity (Wildman–Crippen MR) is 121 cm³/mol. The molecule has 146 valence electrons. The van der Waals surface area contributed by atoms with Crippen LogP contribution in [0.4, 0.5) is 22.7 Å². The van der Waals surface area contributed by atoms with Crippen molar-refractivity contribution in [2.45, 2.75) is 27.2 Å². The van der Waals surface area contributed by atoms with E-state index in [4.69, 9.17) is 0 Å². The van der Waals surface area contributed by atoms with Gasteiger partial charge in [-0.15, -0.1) is 5.11 Å². The van der Waals surface area contributed by atoms with Gasteiger partial charge in [0.1, 0.15) is 0 Å². The molecule has 0 radical (unpaired) electrons. The molecule has 0 saturated carbocycles. The highest BCUT2D eigenvalue weighted by molar-refractivity contribution is 6.01. The van der Waals surface area contributed by atoms with E-state index in [1.54, 1.807) is 0 Å². The molecule has 4 heteroatoms. The summed E-state index contributed by atoms with van der Waals surface area (Å²) in [6.45, 7) is 8.57. The van der Waals surface area contributed by atoms with Gasteiger partial charge in [-0.25, -0.2) is 0 Å². The Morgan fingerprint density at radius 2 is 1.61 bits per heavy atom. The van der Waals surface area contributed by atoms with Crippen molar-refractivity contribution in [1.29, 1.82) is 0 Å². The van der Waals surface area contributed by atoms with Gasteiger partial charge >= 0.3 is 0 Å². The number of azo groups is 1. The van der Waals surface area contributed by atoms with E-state index in [-0.39, 0.29) is 0 Å². The summed E-state index contributed by atoms with van der Waals surface area (Å²) in [6.07, 6.45) is 1.18. The van der Waals surface area contributed by atoms with Crippen molar-refractivity contribution in [3.8, 4) is 0 Å². The second-order valence-corrected chi connectivity index (χ2v) is 7.32. The third-order valence-corrected chi connectivity index (χ3v) is 5.09. The molecule has 0 fully saturated rings. The monoisotopic (exact) mass is 374 g/mol. The van der Waals surface area contributed by atoms with Crippen LogP contribution in [0, 0.1) is 5.92 Å². The Morgan fingerprint density at radius 3 is 2.29 bits per heavy atom. The van der Waals surface area contributed by atoms with E-state index in [0.29, 0.717) is 5.92 Å². The number of anilines is 2. The van der Waals surface area contributed by atoms with Crippen molar-refractivity contribution in [2.75, 3.05) is 30.4 Å². The molecule has 1 atom stereocenters. The fraction of sp³-hybridized carbons (Fsp3) is 0.333. The third kappa shape index (κ3) is 4.69. The zero-order chi connectivity index (χ0) is 19.9. The van der Waals surface area contributed by atoms with Crippen molar-refractivity contribution in [3.63, 3.8) is 0 Å². The molecule has 1 unspecified atom stereocenters. The summed E-state index contributed by atoms with van der Waals surface area (Å²) in [5.74, 6) is 0.660. The quantitative estimate of drug-likeness (QED) is 0.425. The Labute approximate surface area is 168 Å². The maximum Gasteiger partial charge on any atom is 0.0936 e. The smallest absolute Gasteiger partial charge is 0.0936 e. The lowest BCUT2D eigenvalue weighted by molar-refractivity contribution is 0.560. The minimum atomic E-state index is 0.660. The van der Waals surface area contributed by atoms with Gasteiger partial charge in [-0.05, 0) is 49.2 Å². The van der Waals surface area contributed by atoms with E-state index in [1.807, 2.05) is 24.3 Å². The first-order valence-electron chi connectivity index (χ1n) is 10.1. The Morgan fingerprint density at radius 1 is 0.893 bits per heavy atom. The Balaban J connectivity index is 1.89. The summed E-state index contributed by atoms with van der Waals surface area (Å²) in [5, 5.41) is 14.6. The molecule has 3 rings (SSSR count). The lowest BCUT2D eigenvalue weighted by atomic mass is 10.0. The number of nitrogens with zero attached hydrogens (tertiary/aromatic N) is 3. The summed E-state index contributed by atoms with van der Waals surface area (Å²) in [6, 6.07) is 20.7. The zero-order valence-electron chi connectivity index (χ0n) is 17.3. The Kier molecular flexibility index (Phi) is 6.64. The van der Waals surface area contributed by atoms with Crippen LogP contribution in [0.1, 0.15) is 27.2 Å². The van der Waals surface area contributed by atoms with Gasteiger partial charge in [0, 0.05) is 42.3 Å². The molecule has 0 bridgehead atoms. The lowest BCUT2D eigenvalue weighted by Crippen LogP contribution is -2.23. The molecule has 0 saturated heterocycles. The first-order chi connectivity index (χ1) is 13.6. The fourth-order valence-corrected chi connectivity index (χ4v) is 3.34. The topological polar surface area (TPSA) is 40.0 Å². The zero-order valence-corrected chi connectivity index (χ0v) is 17.3. The molecule has 0 aromatic heterocycles. The van der Waals surface area contributed by atoms with Gasteiger partial charge in [0.25, 0.3) is 0 Å². The predicted octanol–water partition coefficient (Wildman–Crippen LogP) is 7.17. The molecule has 28 heavy (non-hydrogen) atoms. The SMILES string of the molecule is CCNc1ccc(N=Nc2ccc(N(C)CC(C)CC)c3ccccc23)cc1. The van der Waals surface area contributed by atoms with Gasteiger partial charge in [-0.3, -0.25) is 0 Å². The highest BCUT2D eigenvalue weighted by atomic mass is 15.1. The molecule has 0 aliphatic rings. The normalized spacial score (nSPS) is 12.4. The van der Waals surface area contributed by atoms with E-state index in [2.05, 4.69) is 84.7 Å². The van der Waals surface area contributed by atoms with Crippen LogP contribution in [0.5, 0.6) is 0 Å². The van der Waals surface area contributed by atoms with E-state index in [9.17, 15) is 0 Å². The average molecular weight is 375 g/mol. The van der Waals surface area contributed by atoms with Gasteiger partial charge in [0.2, 0.25) is 0 Å². The number of fused-ring (bicyclic) bond motifs is 1. The van der Waals surface area contributed by atoms with Crippen molar-refractivity contribution in [3.05, 3.63) is 60.7 Å². The fourth-order valence-electron chi connectivity index (χ4n) is 3.34. The van der Waals surface area contributed by atoms with E-state index < -0.39 is 0 Å². The van der Waals surface area contributed by atoms with E-state index in [0.717, 1.165) is 35.5 Å². The second kappa shape index (κ2) is 9.36. The molecule has 0 heterocycles. The minimum absolute atomic E-state index is 0.660. The van der Waals surface area contributed by atoms with E-state index >= 15 is 0 Å². The summed E-state index contributed by atoms with van der Waals surface area (Å²) < 4.78 is 0. The molecule has 0 spiro atoms. The third-order valence-electron chi connectivity index (χ3n) is 5.09. The van der Waals surface area contributed by atoms with Crippen LogP contribution in [0.15, 0.2) is 70.9 Å². The van der Waals surface area contributed by atoms with Crippen molar-refractivity contribution in [2.24, 2.45) is 16.1 Å². The summed E-state index contributed by atoms with van der Waals surface area (Å²) in [4.78, 5) is 2.34. The first kappa shape index (κ1) is 19.9. The van der Waals surface area contributed by atoms with Crippen LogP contribution in [0.25, 0.3) is 10.8 Å². The molecular formula is C24H30N4. The van der Waals surface area contributed by atoms with Gasteiger partial charge in [0.05, 0.1) is 11.4 Å². The van der Waals surface area contributed by atoms with Crippen LogP contribution in [0.2, 0.25) is 0 Å². The standard InChI is InChI=1S/C24H30N4/c1-5-18(3)17-28(4)24-16-15-23(21-9-7-8-10-22(21)24)27-26-20-13-11-19(12-14-20)25-6-2/h7-16,18,25H,5-6,17H2,1-4H3. The van der Waals surface area contributed by atoms with Crippen LogP contribution in [0.3, 0.4) is 0 Å². The van der Waals surface area contributed by atoms with Gasteiger partial charge in [0.15, 0.2) is 0 Å². The summed E-state index contributed by atoms with van der Waals surface area (Å²) >= 11 is 0. The second-order valence-electron chi connectivity index (χ2n) is 7.32. The van der Waals surface area contributed by atoms with Gasteiger partial charge in [-0.2, -0.15) is 5.11 Å². The largest absolute Gasteiger partial charge is 0.385 e. The minimum Gasteiger partial charge on any atom is -0.385 e. The number of hydrogen-bond donors (Lipinski definition) is 1. The number of benzene rings is 3. The maximum atomic E-state index is 4.54. The average Bonchev–Trinajstić information content (AvgIpc) is 2.73. The number of hydrogen-bond acceptors (Lipinski definition) is 4. The molecule has 0 aliphatic heterocycles. The number of nitrogens with one attached hydrogen (secondary N) is 1. The van der Waals surface area contributed by atoms with Gasteiger partial charge in [-0.1, -0.05) is 44.5 Å². The highest BCUT2D eigenvalue weighted by Crippen LogP contribution is 2.34. The first-order valence-corrected chi connectivity index (χ1v) is 10.1. The van der Waals surface area contributed by atoms with Crippen molar-refractivity contribution in [1.82, 2.24) is 0 Å². The molecule has 0 aliphatic carbocycles. The molecule has 1 N–H and O–H groups in total. The number of rotatable bonds is 8. The highest BCUT2D eigenvalue weighted by Gasteiger charge is 2.11. The van der Waals surface area contributed by atoms with Crippen LogP contribution in [-0.4, -0.2) is 20.1 Å². The van der Waals surface area contributed by atoms with Crippen molar-refractivity contribution < 1.29 is 0 Å².